The van der Waals surface area contributed by atoms with Crippen molar-refractivity contribution in [3.63, 3.8) is 0 Å². The molecular formula is C24H19BrN6O4. The molecule has 2 aliphatic rings. The summed E-state index contributed by atoms with van der Waals surface area (Å²) in [7, 11) is 0. The molecule has 2 N–H and O–H groups in total. The van der Waals surface area contributed by atoms with E-state index in [1.807, 2.05) is 37.3 Å². The highest BCUT2D eigenvalue weighted by atomic mass is 79.9. The second kappa shape index (κ2) is 9.26. The van der Waals surface area contributed by atoms with Gasteiger partial charge in [0.05, 0.1) is 19.1 Å². The number of aromatic nitrogens is 6. The molecule has 10 nitrogen and oxygen atoms in total. The normalized spacial score (nSPS) is 11.3. The Hall–Kier alpha value is -4.12. The molecule has 0 atom stereocenters. The maximum atomic E-state index is 12.1. The van der Waals surface area contributed by atoms with Crippen LogP contribution in [0.4, 0.5) is 0 Å². The molecule has 0 amide bonds. The first kappa shape index (κ1) is 22.7. The van der Waals surface area contributed by atoms with Gasteiger partial charge < -0.3 is 14.1 Å². The van der Waals surface area contributed by atoms with Gasteiger partial charge in [-0.25, -0.2) is 9.89 Å². The Bertz CT molecular complexity index is 1560. The highest BCUT2D eigenvalue weighted by Crippen LogP contribution is 2.48. The number of hydrogen-bond acceptors (Lipinski definition) is 7. The largest absolute Gasteiger partial charge is 0.477 e. The van der Waals surface area contributed by atoms with Crippen molar-refractivity contribution in [1.29, 1.82) is 0 Å². The molecule has 1 aliphatic heterocycles. The van der Waals surface area contributed by atoms with Crippen LogP contribution in [0.1, 0.15) is 35.2 Å². The third-order valence-corrected chi connectivity index (χ3v) is 6.60. The summed E-state index contributed by atoms with van der Waals surface area (Å²) in [4.78, 5) is 28.4. The molecule has 3 heterocycles. The molecule has 0 saturated carbocycles. The lowest BCUT2D eigenvalue weighted by Crippen LogP contribution is -2.24. The summed E-state index contributed by atoms with van der Waals surface area (Å²) >= 11 is 3.75. The third kappa shape index (κ3) is 4.03. The summed E-state index contributed by atoms with van der Waals surface area (Å²) < 4.78 is 7.83. The van der Waals surface area contributed by atoms with Gasteiger partial charge in [-0.2, -0.15) is 4.98 Å². The van der Waals surface area contributed by atoms with E-state index < -0.39 is 11.5 Å². The molecule has 0 radical (unpaired) electrons. The summed E-state index contributed by atoms with van der Waals surface area (Å²) in [6, 6.07) is 10.6. The van der Waals surface area contributed by atoms with E-state index in [1.165, 1.54) is 0 Å². The average molecular weight is 535 g/mol. The number of hydrogen-bond donors (Lipinski definition) is 2. The Morgan fingerprint density at radius 2 is 1.97 bits per heavy atom. The van der Waals surface area contributed by atoms with Gasteiger partial charge in [0.25, 0.3) is 5.56 Å². The Kier molecular flexibility index (Phi) is 6.00. The van der Waals surface area contributed by atoms with Gasteiger partial charge in [-0.05, 0) is 55.5 Å². The number of carboxylic acids is 1. The lowest BCUT2D eigenvalue weighted by molar-refractivity contribution is 0.0683. The molecule has 3 aromatic rings. The predicted molar refractivity (Wildman–Crippen MR) is 130 cm³/mol. The van der Waals surface area contributed by atoms with E-state index in [0.29, 0.717) is 24.5 Å². The van der Waals surface area contributed by atoms with E-state index in [2.05, 4.69) is 41.5 Å². The van der Waals surface area contributed by atoms with Crippen LogP contribution < -0.4 is 5.56 Å². The number of tetrazole rings is 1. The molecular weight excluding hydrogens is 516 g/mol. The van der Waals surface area contributed by atoms with Crippen LogP contribution in [0.3, 0.4) is 0 Å². The number of carboxylic acid groups (broad SMARTS) is 1. The second-order valence-corrected chi connectivity index (χ2v) is 8.68. The zero-order chi connectivity index (χ0) is 24.5. The standard InChI is InChI=1S/C24H19BrN6O4/c1-2-5-19-26-20(32)10-18(24(33)34)31(19)11-16-13-8-9-35-12-17(13)22(25)21(16)14-6-3-4-7-15(14)23-27-29-30-28-23/h3-4,6-10,12H,2,5,11H2,1H3,(H,33,34)(H,27,28,29,30). The fourth-order valence-corrected chi connectivity index (χ4v) is 5.07. The number of carbonyl (C=O) groups is 1. The fourth-order valence-electron chi connectivity index (χ4n) is 4.31. The highest BCUT2D eigenvalue weighted by molar-refractivity contribution is 9.10. The number of nitrogens with one attached hydrogen (secondary N) is 1. The zero-order valence-electron chi connectivity index (χ0n) is 18.5. The SMILES string of the molecule is CCCc1nc(=O)cc(C(=O)O)n1Cc1c2ccocc-2c(Br)c1-c1ccccc1-c1nnn[nH]1. The van der Waals surface area contributed by atoms with Crippen molar-refractivity contribution in [2.45, 2.75) is 26.3 Å². The van der Waals surface area contributed by atoms with Crippen molar-refractivity contribution in [2.24, 2.45) is 0 Å². The van der Waals surface area contributed by atoms with Crippen molar-refractivity contribution < 1.29 is 14.3 Å². The second-order valence-electron chi connectivity index (χ2n) is 7.88. The van der Waals surface area contributed by atoms with Crippen LogP contribution >= 0.6 is 15.9 Å². The molecule has 0 saturated heterocycles. The minimum absolute atomic E-state index is 0.113. The van der Waals surface area contributed by atoms with Gasteiger partial charge in [-0.3, -0.25) is 4.79 Å². The highest BCUT2D eigenvalue weighted by Gasteiger charge is 2.27. The molecule has 11 heteroatoms. The Morgan fingerprint density at radius 1 is 1.17 bits per heavy atom. The maximum absolute atomic E-state index is 12.1. The quantitative estimate of drug-likeness (QED) is 0.315. The Labute approximate surface area is 207 Å². The average Bonchev–Trinajstić information content (AvgIpc) is 3.48. The van der Waals surface area contributed by atoms with Crippen molar-refractivity contribution in [3.05, 3.63) is 80.8 Å². The summed E-state index contributed by atoms with van der Waals surface area (Å²) in [5.41, 5.74) is 4.31. The molecule has 0 bridgehead atoms. The minimum atomic E-state index is -1.19. The number of aromatic carboxylic acids is 1. The minimum Gasteiger partial charge on any atom is -0.477 e. The van der Waals surface area contributed by atoms with Crippen LogP contribution in [0, 0.1) is 0 Å². The van der Waals surface area contributed by atoms with Crippen LogP contribution in [0.5, 0.6) is 0 Å². The summed E-state index contributed by atoms with van der Waals surface area (Å²) in [5, 5.41) is 24.2. The summed E-state index contributed by atoms with van der Waals surface area (Å²) in [6.07, 6.45) is 4.37. The van der Waals surface area contributed by atoms with Crippen molar-refractivity contribution in [2.75, 3.05) is 0 Å². The van der Waals surface area contributed by atoms with Gasteiger partial charge in [0.15, 0.2) is 5.82 Å². The van der Waals surface area contributed by atoms with Crippen LogP contribution in [0.2, 0.25) is 0 Å². The molecule has 0 fully saturated rings. The van der Waals surface area contributed by atoms with Gasteiger partial charge in [-0.15, -0.1) is 5.10 Å². The molecule has 5 rings (SSSR count). The first-order valence-corrected chi connectivity index (χ1v) is 11.6. The molecule has 1 aromatic carbocycles. The van der Waals surface area contributed by atoms with Crippen molar-refractivity contribution in [3.8, 4) is 33.6 Å². The third-order valence-electron chi connectivity index (χ3n) is 5.78. The predicted octanol–water partition coefficient (Wildman–Crippen LogP) is 4.25. The number of aryl methyl sites for hydroxylation is 1. The number of halogens is 1. The smallest absolute Gasteiger partial charge is 0.352 e. The maximum Gasteiger partial charge on any atom is 0.352 e. The first-order valence-electron chi connectivity index (χ1n) is 10.8. The van der Waals surface area contributed by atoms with E-state index in [9.17, 15) is 14.7 Å². The van der Waals surface area contributed by atoms with Crippen LogP contribution in [0.15, 0.2) is 62.6 Å². The fraction of sp³-hybridized carbons (Fsp3) is 0.167. The van der Waals surface area contributed by atoms with Crippen LogP contribution in [-0.4, -0.2) is 41.3 Å². The lowest BCUT2D eigenvalue weighted by atomic mass is 9.97. The zero-order valence-corrected chi connectivity index (χ0v) is 20.1. The van der Waals surface area contributed by atoms with E-state index in [0.717, 1.165) is 43.9 Å². The molecule has 176 valence electrons. The summed E-state index contributed by atoms with van der Waals surface area (Å²) in [5.74, 6) is -0.278. The number of aromatic amines is 1. The van der Waals surface area contributed by atoms with Crippen molar-refractivity contribution in [1.82, 2.24) is 30.2 Å². The monoisotopic (exact) mass is 534 g/mol. The molecule has 35 heavy (non-hydrogen) atoms. The topological polar surface area (TPSA) is 140 Å². The molecule has 2 aromatic heterocycles. The number of H-pyrrole nitrogens is 1. The molecule has 1 aliphatic carbocycles. The number of rotatable bonds is 7. The van der Waals surface area contributed by atoms with E-state index in [1.54, 1.807) is 17.1 Å². The van der Waals surface area contributed by atoms with Crippen molar-refractivity contribution >= 4 is 21.9 Å². The van der Waals surface area contributed by atoms with Gasteiger partial charge >= 0.3 is 5.97 Å². The van der Waals surface area contributed by atoms with Crippen LogP contribution in [0.25, 0.3) is 33.6 Å². The van der Waals surface area contributed by atoms with Gasteiger partial charge in [0.1, 0.15) is 11.5 Å². The Morgan fingerprint density at radius 3 is 2.69 bits per heavy atom. The van der Waals surface area contributed by atoms with Gasteiger partial charge in [-0.1, -0.05) is 31.2 Å². The first-order chi connectivity index (χ1) is 17.0. The van der Waals surface area contributed by atoms with E-state index in [-0.39, 0.29) is 12.2 Å². The van der Waals surface area contributed by atoms with E-state index >= 15 is 0 Å². The van der Waals surface area contributed by atoms with Gasteiger partial charge in [0.2, 0.25) is 0 Å². The molecule has 0 unspecified atom stereocenters. The Balaban J connectivity index is 1.80. The molecule has 0 spiro atoms. The lowest BCUT2D eigenvalue weighted by Gasteiger charge is -2.17. The summed E-state index contributed by atoms with van der Waals surface area (Å²) in [6.45, 7) is 2.13. The number of benzene rings is 1. The van der Waals surface area contributed by atoms with Crippen LogP contribution in [-0.2, 0) is 13.0 Å². The number of nitrogens with zero attached hydrogens (tertiary/aromatic N) is 5. The number of fused-ring (bicyclic) bond motifs is 1. The van der Waals surface area contributed by atoms with E-state index in [4.69, 9.17) is 4.42 Å². The van der Waals surface area contributed by atoms with Gasteiger partial charge in [0, 0.05) is 33.7 Å².